The summed E-state index contributed by atoms with van der Waals surface area (Å²) in [5, 5.41) is 8.85. The van der Waals surface area contributed by atoms with Gasteiger partial charge in [-0.05, 0) is 24.6 Å². The Morgan fingerprint density at radius 2 is 2.15 bits per heavy atom. The molecule has 2 amide bonds. The normalized spacial score (nSPS) is 18.4. The highest BCUT2D eigenvalue weighted by Crippen LogP contribution is 2.21. The van der Waals surface area contributed by atoms with E-state index in [-0.39, 0.29) is 17.9 Å². The smallest absolute Gasteiger partial charge is 0.242 e. The maximum absolute atomic E-state index is 12.2. The molecule has 0 aliphatic carbocycles. The second-order valence-electron chi connectivity index (χ2n) is 4.78. The van der Waals surface area contributed by atoms with Gasteiger partial charge in [0.2, 0.25) is 11.8 Å². The van der Waals surface area contributed by atoms with E-state index < -0.39 is 0 Å². The lowest BCUT2D eigenvalue weighted by Gasteiger charge is -2.22. The number of amides is 2. The first-order chi connectivity index (χ1) is 9.56. The first kappa shape index (κ1) is 14.9. The molecule has 1 aromatic carbocycles. The number of aryl methyl sites for hydroxylation is 1. The van der Waals surface area contributed by atoms with Gasteiger partial charge in [-0.1, -0.05) is 6.07 Å². The maximum atomic E-state index is 12.2. The highest BCUT2D eigenvalue weighted by atomic mass is 32.2. The number of hydrogen-bond acceptors (Lipinski definition) is 4. The average Bonchev–Trinajstić information content (AvgIpc) is 2.43. The number of rotatable bonds is 3. The van der Waals surface area contributed by atoms with E-state index in [4.69, 9.17) is 0 Å². The standard InChI is InChI=1S/C14H19N3O2S/c1-9-3-4-11(16-10(2)18)7-12(9)17-14(19)13-8-20-6-5-15-13/h3-4,7,13,15H,5-6,8H2,1-2H3,(H,16,18)(H,17,19). The minimum Gasteiger partial charge on any atom is -0.326 e. The Labute approximate surface area is 122 Å². The van der Waals surface area contributed by atoms with Crippen molar-refractivity contribution in [3.05, 3.63) is 23.8 Å². The predicted octanol–water partition coefficient (Wildman–Crippen LogP) is 1.60. The summed E-state index contributed by atoms with van der Waals surface area (Å²) in [4.78, 5) is 23.2. The Balaban J connectivity index is 2.07. The number of nitrogens with one attached hydrogen (secondary N) is 3. The van der Waals surface area contributed by atoms with Crippen LogP contribution in [0.15, 0.2) is 18.2 Å². The van der Waals surface area contributed by atoms with Crippen LogP contribution >= 0.6 is 11.8 Å². The Bertz CT molecular complexity index is 513. The molecule has 1 aromatic rings. The third kappa shape index (κ3) is 3.98. The van der Waals surface area contributed by atoms with Gasteiger partial charge in [-0.3, -0.25) is 9.59 Å². The minimum atomic E-state index is -0.155. The fourth-order valence-corrected chi connectivity index (χ4v) is 2.93. The van der Waals surface area contributed by atoms with Crippen molar-refractivity contribution in [2.24, 2.45) is 0 Å². The maximum Gasteiger partial charge on any atom is 0.242 e. The van der Waals surface area contributed by atoms with Crippen molar-refractivity contribution in [2.75, 3.05) is 28.7 Å². The van der Waals surface area contributed by atoms with E-state index in [2.05, 4.69) is 16.0 Å². The number of benzene rings is 1. The predicted molar refractivity (Wildman–Crippen MR) is 83.2 cm³/mol. The molecule has 1 aliphatic rings. The van der Waals surface area contributed by atoms with Crippen molar-refractivity contribution in [1.29, 1.82) is 0 Å². The van der Waals surface area contributed by atoms with Crippen LogP contribution in [0.3, 0.4) is 0 Å². The van der Waals surface area contributed by atoms with E-state index in [1.165, 1.54) is 6.92 Å². The van der Waals surface area contributed by atoms with Crippen LogP contribution < -0.4 is 16.0 Å². The van der Waals surface area contributed by atoms with E-state index in [0.717, 1.165) is 29.3 Å². The molecule has 0 saturated carbocycles. The van der Waals surface area contributed by atoms with Gasteiger partial charge >= 0.3 is 0 Å². The van der Waals surface area contributed by atoms with Gasteiger partial charge in [-0.15, -0.1) is 0 Å². The van der Waals surface area contributed by atoms with Gasteiger partial charge in [0, 0.05) is 36.3 Å². The van der Waals surface area contributed by atoms with Crippen molar-refractivity contribution in [3.63, 3.8) is 0 Å². The zero-order chi connectivity index (χ0) is 14.5. The fourth-order valence-electron chi connectivity index (χ4n) is 1.99. The summed E-state index contributed by atoms with van der Waals surface area (Å²) < 4.78 is 0. The third-order valence-corrected chi connectivity index (χ3v) is 4.12. The lowest BCUT2D eigenvalue weighted by Crippen LogP contribution is -2.46. The number of carbonyl (C=O) groups is 2. The van der Waals surface area contributed by atoms with Crippen LogP contribution in [0.1, 0.15) is 12.5 Å². The van der Waals surface area contributed by atoms with Crippen LogP contribution in [-0.2, 0) is 9.59 Å². The summed E-state index contributed by atoms with van der Waals surface area (Å²) in [6, 6.07) is 5.33. The molecular formula is C14H19N3O2S. The molecule has 2 rings (SSSR count). The zero-order valence-electron chi connectivity index (χ0n) is 11.7. The molecule has 0 bridgehead atoms. The van der Waals surface area contributed by atoms with E-state index in [1.54, 1.807) is 17.8 Å². The number of hydrogen-bond donors (Lipinski definition) is 3. The van der Waals surface area contributed by atoms with Gasteiger partial charge in [-0.25, -0.2) is 0 Å². The first-order valence-electron chi connectivity index (χ1n) is 6.56. The SMILES string of the molecule is CC(=O)Nc1ccc(C)c(NC(=O)C2CSCCN2)c1. The quantitative estimate of drug-likeness (QED) is 0.791. The van der Waals surface area contributed by atoms with Gasteiger partial charge in [0.25, 0.3) is 0 Å². The lowest BCUT2D eigenvalue weighted by molar-refractivity contribution is -0.117. The van der Waals surface area contributed by atoms with Gasteiger partial charge in [-0.2, -0.15) is 11.8 Å². The molecule has 108 valence electrons. The van der Waals surface area contributed by atoms with Crippen molar-refractivity contribution < 1.29 is 9.59 Å². The number of carbonyl (C=O) groups excluding carboxylic acids is 2. The van der Waals surface area contributed by atoms with E-state index >= 15 is 0 Å². The van der Waals surface area contributed by atoms with Crippen molar-refractivity contribution in [1.82, 2.24) is 5.32 Å². The molecule has 1 heterocycles. The lowest BCUT2D eigenvalue weighted by atomic mass is 10.1. The van der Waals surface area contributed by atoms with E-state index in [9.17, 15) is 9.59 Å². The van der Waals surface area contributed by atoms with Crippen molar-refractivity contribution >= 4 is 35.0 Å². The molecule has 0 aromatic heterocycles. The highest BCUT2D eigenvalue weighted by Gasteiger charge is 2.21. The molecule has 1 unspecified atom stereocenters. The Kier molecular flexibility index (Phi) is 5.03. The molecular weight excluding hydrogens is 274 g/mol. The topological polar surface area (TPSA) is 70.2 Å². The molecule has 20 heavy (non-hydrogen) atoms. The highest BCUT2D eigenvalue weighted by molar-refractivity contribution is 7.99. The second-order valence-corrected chi connectivity index (χ2v) is 5.93. The van der Waals surface area contributed by atoms with Crippen LogP contribution in [0.25, 0.3) is 0 Å². The molecule has 1 aliphatic heterocycles. The molecule has 6 heteroatoms. The number of thioether (sulfide) groups is 1. The molecule has 1 fully saturated rings. The van der Waals surface area contributed by atoms with Gasteiger partial charge in [0.15, 0.2) is 0 Å². The Morgan fingerprint density at radius 1 is 1.35 bits per heavy atom. The average molecular weight is 293 g/mol. The summed E-state index contributed by atoms with van der Waals surface area (Å²) >= 11 is 1.78. The summed E-state index contributed by atoms with van der Waals surface area (Å²) in [5.41, 5.74) is 2.39. The van der Waals surface area contributed by atoms with Gasteiger partial charge in [0.1, 0.15) is 0 Å². The van der Waals surface area contributed by atoms with Crippen molar-refractivity contribution in [2.45, 2.75) is 19.9 Å². The van der Waals surface area contributed by atoms with Crippen LogP contribution in [-0.4, -0.2) is 35.9 Å². The molecule has 5 nitrogen and oxygen atoms in total. The van der Waals surface area contributed by atoms with Gasteiger partial charge < -0.3 is 16.0 Å². The number of anilines is 2. The molecule has 3 N–H and O–H groups in total. The molecule has 0 radical (unpaired) electrons. The largest absolute Gasteiger partial charge is 0.326 e. The summed E-state index contributed by atoms with van der Waals surface area (Å²) in [5.74, 6) is 1.67. The molecule has 0 spiro atoms. The Hall–Kier alpha value is -1.53. The Morgan fingerprint density at radius 3 is 2.80 bits per heavy atom. The summed E-state index contributed by atoms with van der Waals surface area (Å²) in [6.07, 6.45) is 0. The minimum absolute atomic E-state index is 0.0275. The molecule has 1 saturated heterocycles. The van der Waals surface area contributed by atoms with Gasteiger partial charge in [0.05, 0.1) is 6.04 Å². The zero-order valence-corrected chi connectivity index (χ0v) is 12.5. The van der Waals surface area contributed by atoms with Crippen LogP contribution in [0.2, 0.25) is 0 Å². The van der Waals surface area contributed by atoms with Crippen LogP contribution in [0, 0.1) is 6.92 Å². The first-order valence-corrected chi connectivity index (χ1v) is 7.72. The van der Waals surface area contributed by atoms with E-state index in [0.29, 0.717) is 5.69 Å². The van der Waals surface area contributed by atoms with Crippen molar-refractivity contribution in [3.8, 4) is 0 Å². The van der Waals surface area contributed by atoms with Crippen LogP contribution in [0.4, 0.5) is 11.4 Å². The summed E-state index contributed by atoms with van der Waals surface area (Å²) in [7, 11) is 0. The molecule has 1 atom stereocenters. The second kappa shape index (κ2) is 6.76. The summed E-state index contributed by atoms with van der Waals surface area (Å²) in [6.45, 7) is 4.24. The third-order valence-electron chi connectivity index (χ3n) is 3.05. The van der Waals surface area contributed by atoms with E-state index in [1.807, 2.05) is 19.1 Å². The monoisotopic (exact) mass is 293 g/mol. The fraction of sp³-hybridized carbons (Fsp3) is 0.429. The van der Waals surface area contributed by atoms with Crippen LogP contribution in [0.5, 0.6) is 0 Å².